The van der Waals surface area contributed by atoms with E-state index < -0.39 is 0 Å². The van der Waals surface area contributed by atoms with E-state index in [1.54, 1.807) is 0 Å². The fourth-order valence-corrected chi connectivity index (χ4v) is 2.39. The molecule has 0 aromatic rings. The zero-order valence-corrected chi connectivity index (χ0v) is 9.82. The number of hydrogen-bond acceptors (Lipinski definition) is 3. The van der Waals surface area contributed by atoms with Gasteiger partial charge in [0.05, 0.1) is 18.1 Å². The van der Waals surface area contributed by atoms with Crippen LogP contribution in [-0.2, 0) is 0 Å². The Bertz CT molecular complexity index is 224. The Morgan fingerprint density at radius 1 is 1.40 bits per heavy atom. The van der Waals surface area contributed by atoms with Crippen molar-refractivity contribution in [3.8, 4) is 6.07 Å². The van der Waals surface area contributed by atoms with Crippen molar-refractivity contribution in [2.75, 3.05) is 13.6 Å². The molecule has 3 heteroatoms. The number of likely N-dealkylation sites (N-methyl/N-ethyl adjacent to an activating group) is 1. The summed E-state index contributed by atoms with van der Waals surface area (Å²) in [4.78, 5) is 2.16. The van der Waals surface area contributed by atoms with Crippen LogP contribution < -0.4 is 0 Å². The van der Waals surface area contributed by atoms with Crippen molar-refractivity contribution in [2.45, 2.75) is 51.2 Å². The van der Waals surface area contributed by atoms with Crippen molar-refractivity contribution >= 4 is 0 Å². The van der Waals surface area contributed by atoms with Gasteiger partial charge in [-0.1, -0.05) is 19.3 Å². The molecule has 1 rings (SSSR count). The van der Waals surface area contributed by atoms with Crippen molar-refractivity contribution < 1.29 is 5.11 Å². The lowest BCUT2D eigenvalue weighted by Crippen LogP contribution is -2.42. The van der Waals surface area contributed by atoms with E-state index in [0.717, 1.165) is 25.8 Å². The number of nitriles is 1. The number of nitrogens with zero attached hydrogens (tertiary/aromatic N) is 2. The molecule has 86 valence electrons. The van der Waals surface area contributed by atoms with Crippen LogP contribution in [0.1, 0.15) is 39.0 Å². The van der Waals surface area contributed by atoms with Crippen molar-refractivity contribution in [1.82, 2.24) is 4.90 Å². The lowest BCUT2D eigenvalue weighted by Gasteiger charge is -2.31. The third kappa shape index (κ3) is 3.81. The molecule has 0 spiro atoms. The summed E-state index contributed by atoms with van der Waals surface area (Å²) < 4.78 is 0. The molecule has 1 N–H and O–H groups in total. The number of hydrogen-bond donors (Lipinski definition) is 1. The number of aliphatic hydroxyl groups excluding tert-OH is 1. The van der Waals surface area contributed by atoms with Gasteiger partial charge in [-0.05, 0) is 26.8 Å². The van der Waals surface area contributed by atoms with E-state index in [1.165, 1.54) is 12.8 Å². The Labute approximate surface area is 92.7 Å². The molecule has 1 saturated carbocycles. The predicted molar refractivity (Wildman–Crippen MR) is 60.3 cm³/mol. The molecule has 0 aromatic heterocycles. The van der Waals surface area contributed by atoms with E-state index in [-0.39, 0.29) is 18.1 Å². The molecule has 0 heterocycles. The molecule has 0 radical (unpaired) electrons. The van der Waals surface area contributed by atoms with Crippen LogP contribution in [0.2, 0.25) is 0 Å². The first-order valence-electron chi connectivity index (χ1n) is 5.93. The summed E-state index contributed by atoms with van der Waals surface area (Å²) in [6, 6.07) is 2.50. The Kier molecular flexibility index (Phi) is 5.07. The Hall–Kier alpha value is -0.590. The zero-order valence-electron chi connectivity index (χ0n) is 9.82. The average molecular weight is 210 g/mol. The highest BCUT2D eigenvalue weighted by atomic mass is 16.3. The molecule has 3 nitrogen and oxygen atoms in total. The topological polar surface area (TPSA) is 47.3 Å². The van der Waals surface area contributed by atoms with Crippen molar-refractivity contribution in [1.29, 1.82) is 5.26 Å². The highest BCUT2D eigenvalue weighted by Crippen LogP contribution is 2.22. The largest absolute Gasteiger partial charge is 0.391 e. The Morgan fingerprint density at radius 3 is 2.73 bits per heavy atom. The summed E-state index contributed by atoms with van der Waals surface area (Å²) in [5, 5.41) is 18.7. The smallest absolute Gasteiger partial charge is 0.0695 e. The van der Waals surface area contributed by atoms with Crippen LogP contribution in [0.3, 0.4) is 0 Å². The maximum Gasteiger partial charge on any atom is 0.0695 e. The van der Waals surface area contributed by atoms with Gasteiger partial charge in [0.1, 0.15) is 0 Å². The number of rotatable bonds is 3. The molecule has 1 aliphatic rings. The normalized spacial score (nSPS) is 29.5. The van der Waals surface area contributed by atoms with Crippen LogP contribution >= 0.6 is 0 Å². The SMILES string of the molecule is CC(C#N)CN(C)C1CCCCCC1O. The molecule has 1 aliphatic carbocycles. The van der Waals surface area contributed by atoms with Crippen LogP contribution in [0.25, 0.3) is 0 Å². The van der Waals surface area contributed by atoms with Crippen LogP contribution in [0.15, 0.2) is 0 Å². The minimum Gasteiger partial charge on any atom is -0.391 e. The first kappa shape index (κ1) is 12.5. The highest BCUT2D eigenvalue weighted by molar-refractivity contribution is 4.85. The van der Waals surface area contributed by atoms with Crippen molar-refractivity contribution in [2.24, 2.45) is 5.92 Å². The fraction of sp³-hybridized carbons (Fsp3) is 0.917. The van der Waals surface area contributed by atoms with Crippen molar-refractivity contribution in [3.63, 3.8) is 0 Å². The molecule has 0 bridgehead atoms. The number of aliphatic hydroxyl groups is 1. The van der Waals surface area contributed by atoms with Gasteiger partial charge in [-0.2, -0.15) is 5.26 Å². The average Bonchev–Trinajstić information content (AvgIpc) is 2.42. The molecule has 0 aliphatic heterocycles. The van der Waals surface area contributed by atoms with E-state index in [1.807, 2.05) is 14.0 Å². The summed E-state index contributed by atoms with van der Waals surface area (Å²) in [6.45, 7) is 2.69. The van der Waals surface area contributed by atoms with Gasteiger partial charge in [0, 0.05) is 12.6 Å². The van der Waals surface area contributed by atoms with E-state index in [2.05, 4.69) is 11.0 Å². The summed E-state index contributed by atoms with van der Waals surface area (Å²) in [5.41, 5.74) is 0. The minimum atomic E-state index is -0.205. The lowest BCUT2D eigenvalue weighted by atomic mass is 10.0. The summed E-state index contributed by atoms with van der Waals surface area (Å²) in [5.74, 6) is 0.0467. The molecule has 0 aromatic carbocycles. The Balaban J connectivity index is 2.48. The van der Waals surface area contributed by atoms with Crippen LogP contribution in [0.5, 0.6) is 0 Å². The Morgan fingerprint density at radius 2 is 2.07 bits per heavy atom. The van der Waals surface area contributed by atoms with Crippen molar-refractivity contribution in [3.05, 3.63) is 0 Å². The maximum atomic E-state index is 9.98. The fourth-order valence-electron chi connectivity index (χ4n) is 2.39. The highest BCUT2D eigenvalue weighted by Gasteiger charge is 2.25. The molecule has 0 saturated heterocycles. The summed E-state index contributed by atoms with van der Waals surface area (Å²) >= 11 is 0. The van der Waals surface area contributed by atoms with Crippen LogP contribution in [-0.4, -0.2) is 35.7 Å². The third-order valence-corrected chi connectivity index (χ3v) is 3.29. The van der Waals surface area contributed by atoms with Gasteiger partial charge in [0.25, 0.3) is 0 Å². The summed E-state index contributed by atoms with van der Waals surface area (Å²) in [7, 11) is 2.02. The third-order valence-electron chi connectivity index (χ3n) is 3.29. The zero-order chi connectivity index (χ0) is 11.3. The van der Waals surface area contributed by atoms with E-state index >= 15 is 0 Å². The molecular formula is C12H22N2O. The van der Waals surface area contributed by atoms with Crippen LogP contribution in [0.4, 0.5) is 0 Å². The van der Waals surface area contributed by atoms with Gasteiger partial charge in [-0.15, -0.1) is 0 Å². The minimum absolute atomic E-state index is 0.0467. The van der Waals surface area contributed by atoms with Gasteiger partial charge in [0.15, 0.2) is 0 Å². The second-order valence-corrected chi connectivity index (χ2v) is 4.74. The van der Waals surface area contributed by atoms with Gasteiger partial charge in [-0.25, -0.2) is 0 Å². The second kappa shape index (κ2) is 6.09. The van der Waals surface area contributed by atoms with E-state index in [0.29, 0.717) is 0 Å². The maximum absolute atomic E-state index is 9.98. The molecule has 3 atom stereocenters. The van der Waals surface area contributed by atoms with Gasteiger partial charge >= 0.3 is 0 Å². The van der Waals surface area contributed by atoms with E-state index in [4.69, 9.17) is 5.26 Å². The van der Waals surface area contributed by atoms with Gasteiger partial charge < -0.3 is 5.11 Å². The first-order valence-corrected chi connectivity index (χ1v) is 5.93. The quantitative estimate of drug-likeness (QED) is 0.722. The van der Waals surface area contributed by atoms with Gasteiger partial charge in [-0.3, -0.25) is 4.90 Å². The molecular weight excluding hydrogens is 188 g/mol. The molecule has 0 amide bonds. The lowest BCUT2D eigenvalue weighted by molar-refractivity contribution is 0.0546. The predicted octanol–water partition coefficient (Wildman–Crippen LogP) is 1.77. The van der Waals surface area contributed by atoms with Gasteiger partial charge in [0.2, 0.25) is 0 Å². The molecule has 3 unspecified atom stereocenters. The summed E-state index contributed by atoms with van der Waals surface area (Å²) in [6.07, 6.45) is 5.34. The monoisotopic (exact) mass is 210 g/mol. The van der Waals surface area contributed by atoms with Crippen LogP contribution in [0, 0.1) is 17.2 Å². The van der Waals surface area contributed by atoms with E-state index in [9.17, 15) is 5.11 Å². The standard InChI is InChI=1S/C12H22N2O/c1-10(8-13)9-14(2)11-6-4-3-5-7-12(11)15/h10-12,15H,3-7,9H2,1-2H3. The second-order valence-electron chi connectivity index (χ2n) is 4.74. The molecule has 1 fully saturated rings. The first-order chi connectivity index (χ1) is 7.15. The molecule has 15 heavy (non-hydrogen) atoms.